The summed E-state index contributed by atoms with van der Waals surface area (Å²) in [5, 5.41) is 66.3. The van der Waals surface area contributed by atoms with Gasteiger partial charge in [0.2, 0.25) is 11.8 Å². The van der Waals surface area contributed by atoms with E-state index < -0.39 is 66.8 Å². The Kier molecular flexibility index (Phi) is 28.3. The average Bonchev–Trinajstić information content (AvgIpc) is 3.34. The van der Waals surface area contributed by atoms with Gasteiger partial charge in [-0.25, -0.2) is 14.4 Å². The summed E-state index contributed by atoms with van der Waals surface area (Å²) in [5.74, 6) is -7.97. The predicted octanol–water partition coefficient (Wildman–Crippen LogP) is 1.10. The zero-order chi connectivity index (χ0) is 55.3. The van der Waals surface area contributed by atoms with Gasteiger partial charge in [-0.15, -0.1) is 0 Å². The number of hydrogen-bond donors (Lipinski definition) is 10. The SMILES string of the molecule is O=C(O)CC[C@@H](NC(=O)N[C@H](CCCCN(Cc1ccc(Br)cc1)C(=O)CCCCCNC(=O)c1ccc(CNC(=O)CN2CCN(CC(=O)O)CCN(CC(=O)O)CCN(CC(=O)O)CC2)cc1)C(=O)O)C(=O)O. The van der Waals surface area contributed by atoms with Crippen molar-refractivity contribution in [2.24, 2.45) is 0 Å². The topological polar surface area (TPSA) is 356 Å². The molecule has 0 aliphatic carbocycles. The third-order valence-electron chi connectivity index (χ3n) is 12.1. The van der Waals surface area contributed by atoms with E-state index in [2.05, 4.69) is 37.2 Å². The Hall–Kier alpha value is -6.74. The minimum absolute atomic E-state index is 0.0220. The minimum Gasteiger partial charge on any atom is -0.481 e. The first-order valence-electron chi connectivity index (χ1n) is 24.6. The predicted molar refractivity (Wildman–Crippen MR) is 273 cm³/mol. The fourth-order valence-corrected chi connectivity index (χ4v) is 8.22. The number of benzene rings is 2. The number of nitrogens with zero attached hydrogens (tertiary/aromatic N) is 5. The molecule has 1 aliphatic heterocycles. The smallest absolute Gasteiger partial charge is 0.326 e. The number of carboxylic acid groups (broad SMARTS) is 6. The summed E-state index contributed by atoms with van der Waals surface area (Å²) < 4.78 is 0.861. The fraction of sp³-hybridized carbons (Fsp3) is 0.551. The van der Waals surface area contributed by atoms with Gasteiger partial charge in [-0.1, -0.05) is 46.6 Å². The van der Waals surface area contributed by atoms with Crippen LogP contribution >= 0.6 is 15.9 Å². The Morgan fingerprint density at radius 2 is 1.00 bits per heavy atom. The van der Waals surface area contributed by atoms with Crippen LogP contribution in [0.2, 0.25) is 0 Å². The van der Waals surface area contributed by atoms with Crippen LogP contribution in [0.1, 0.15) is 79.3 Å². The normalized spacial score (nSPS) is 14.9. The van der Waals surface area contributed by atoms with E-state index in [0.717, 1.165) is 15.6 Å². The van der Waals surface area contributed by atoms with Crippen molar-refractivity contribution in [1.29, 1.82) is 0 Å². The van der Waals surface area contributed by atoms with E-state index in [0.29, 0.717) is 63.8 Å². The molecule has 5 amide bonds. The molecule has 25 nitrogen and oxygen atoms in total. The molecular formula is C49H70BrN9O16. The van der Waals surface area contributed by atoms with Crippen molar-refractivity contribution >= 4 is 75.5 Å². The van der Waals surface area contributed by atoms with Crippen molar-refractivity contribution in [3.05, 3.63) is 69.7 Å². The number of carbonyl (C=O) groups excluding carboxylic acids is 4. The Bertz CT molecular complexity index is 2190. The first-order chi connectivity index (χ1) is 35.7. The van der Waals surface area contributed by atoms with Gasteiger partial charge in [0, 0.05) is 101 Å². The van der Waals surface area contributed by atoms with Gasteiger partial charge in [0.1, 0.15) is 12.1 Å². The van der Waals surface area contributed by atoms with Crippen molar-refractivity contribution in [3.63, 3.8) is 0 Å². The second kappa shape index (κ2) is 34.0. The lowest BCUT2D eigenvalue weighted by Gasteiger charge is -2.32. The summed E-state index contributed by atoms with van der Waals surface area (Å²) in [4.78, 5) is 129. The maximum absolute atomic E-state index is 13.5. The molecule has 1 saturated heterocycles. The van der Waals surface area contributed by atoms with E-state index in [1.54, 1.807) is 43.9 Å². The van der Waals surface area contributed by atoms with Crippen LogP contribution < -0.4 is 21.3 Å². The summed E-state index contributed by atoms with van der Waals surface area (Å²) in [6.45, 7) is 2.37. The molecule has 2 aromatic carbocycles. The summed E-state index contributed by atoms with van der Waals surface area (Å²) in [7, 11) is 0. The molecule has 0 saturated carbocycles. The van der Waals surface area contributed by atoms with E-state index in [1.165, 1.54) is 0 Å². The number of aliphatic carboxylic acids is 6. The van der Waals surface area contributed by atoms with Crippen molar-refractivity contribution < 1.29 is 78.6 Å². The van der Waals surface area contributed by atoms with Crippen LogP contribution in [0, 0.1) is 0 Å². The Morgan fingerprint density at radius 1 is 0.520 bits per heavy atom. The maximum atomic E-state index is 13.5. The number of carbonyl (C=O) groups is 10. The van der Waals surface area contributed by atoms with E-state index in [4.69, 9.17) is 5.11 Å². The highest BCUT2D eigenvalue weighted by molar-refractivity contribution is 9.10. The van der Waals surface area contributed by atoms with Crippen LogP contribution in [-0.2, 0) is 51.4 Å². The first-order valence-corrected chi connectivity index (χ1v) is 25.4. The zero-order valence-corrected chi connectivity index (χ0v) is 43.4. The summed E-state index contributed by atoms with van der Waals surface area (Å²) in [5.41, 5.74) is 2.00. The number of halogens is 1. The quantitative estimate of drug-likeness (QED) is 0.0473. The standard InChI is InChI=1S/C49H70BrN9O16/c50-37-14-10-35(11-15-37)29-59(19-5-3-6-38(47(71)72)53-49(75)54-39(48(73)74)16-17-42(62)63)41(61)7-2-1-4-18-51-46(70)36-12-8-34(9-13-36)28-52-40(60)30-55-20-22-56(31-43(64)65)24-26-58(33-45(68)69)27-25-57(23-21-55)32-44(66)67/h8-15,38-39H,1-7,16-33H2,(H,51,70)(H,52,60)(H,62,63)(H,64,65)(H,66,67)(H,68,69)(H,71,72)(H,73,74)(H2,53,54,75)/t38-,39-/m1/s1. The maximum Gasteiger partial charge on any atom is 0.326 e. The molecule has 0 spiro atoms. The van der Waals surface area contributed by atoms with Crippen LogP contribution in [0.4, 0.5) is 4.79 Å². The number of rotatable bonds is 31. The van der Waals surface area contributed by atoms with Crippen molar-refractivity contribution in [2.75, 3.05) is 91.6 Å². The van der Waals surface area contributed by atoms with Gasteiger partial charge >= 0.3 is 41.8 Å². The van der Waals surface area contributed by atoms with Gasteiger partial charge in [-0.05, 0) is 73.9 Å². The van der Waals surface area contributed by atoms with Gasteiger partial charge in [-0.3, -0.25) is 53.2 Å². The van der Waals surface area contributed by atoms with E-state index >= 15 is 0 Å². The van der Waals surface area contributed by atoms with Gasteiger partial charge < -0.3 is 56.8 Å². The number of amides is 5. The van der Waals surface area contributed by atoms with Gasteiger partial charge in [0.15, 0.2) is 0 Å². The summed E-state index contributed by atoms with van der Waals surface area (Å²) in [6.07, 6.45) is 1.74. The molecule has 414 valence electrons. The molecule has 2 atom stereocenters. The monoisotopic (exact) mass is 1120 g/mol. The van der Waals surface area contributed by atoms with Crippen LogP contribution in [0.15, 0.2) is 53.0 Å². The molecule has 0 radical (unpaired) electrons. The summed E-state index contributed by atoms with van der Waals surface area (Å²) >= 11 is 3.41. The largest absolute Gasteiger partial charge is 0.481 e. The molecule has 1 aliphatic rings. The molecule has 0 bridgehead atoms. The molecule has 0 unspecified atom stereocenters. The van der Waals surface area contributed by atoms with Crippen molar-refractivity contribution in [3.8, 4) is 0 Å². The lowest BCUT2D eigenvalue weighted by Crippen LogP contribution is -2.51. The van der Waals surface area contributed by atoms with E-state index in [-0.39, 0.29) is 109 Å². The second-order valence-corrected chi connectivity index (χ2v) is 19.0. The Morgan fingerprint density at radius 3 is 1.48 bits per heavy atom. The third-order valence-corrected chi connectivity index (χ3v) is 12.6. The molecule has 1 heterocycles. The molecule has 26 heteroatoms. The number of carboxylic acids is 6. The number of nitrogens with one attached hydrogen (secondary N) is 4. The lowest BCUT2D eigenvalue weighted by molar-refractivity contribution is -0.141. The van der Waals surface area contributed by atoms with Crippen molar-refractivity contribution in [2.45, 2.75) is 83.0 Å². The van der Waals surface area contributed by atoms with Crippen molar-refractivity contribution in [1.82, 2.24) is 45.8 Å². The molecule has 0 aromatic heterocycles. The van der Waals surface area contributed by atoms with Crippen LogP contribution in [0.3, 0.4) is 0 Å². The molecule has 10 N–H and O–H groups in total. The fourth-order valence-electron chi connectivity index (χ4n) is 7.95. The van der Waals surface area contributed by atoms with Crippen LogP contribution in [0.5, 0.6) is 0 Å². The van der Waals surface area contributed by atoms with Gasteiger partial charge in [-0.2, -0.15) is 0 Å². The third kappa shape index (κ3) is 26.9. The van der Waals surface area contributed by atoms with E-state index in [1.807, 2.05) is 29.2 Å². The Labute approximate surface area is 442 Å². The average molecular weight is 1120 g/mol. The summed E-state index contributed by atoms with van der Waals surface area (Å²) in [6, 6.07) is 10.2. The molecule has 1 fully saturated rings. The highest BCUT2D eigenvalue weighted by Crippen LogP contribution is 2.16. The Balaban J connectivity index is 1.45. The van der Waals surface area contributed by atoms with Crippen LogP contribution in [-0.4, -0.2) is 218 Å². The molecule has 75 heavy (non-hydrogen) atoms. The molecule has 2 aromatic rings. The lowest BCUT2D eigenvalue weighted by atomic mass is 10.1. The first kappa shape index (κ1) is 62.6. The van der Waals surface area contributed by atoms with Gasteiger partial charge in [0.05, 0.1) is 26.2 Å². The molecule has 3 rings (SSSR count). The van der Waals surface area contributed by atoms with Crippen LogP contribution in [0.25, 0.3) is 0 Å². The minimum atomic E-state index is -1.53. The second-order valence-electron chi connectivity index (χ2n) is 18.1. The van der Waals surface area contributed by atoms with Gasteiger partial charge in [0.25, 0.3) is 5.91 Å². The highest BCUT2D eigenvalue weighted by atomic mass is 79.9. The zero-order valence-electron chi connectivity index (χ0n) is 41.8. The number of hydrogen-bond acceptors (Lipinski definition) is 14. The number of urea groups is 1. The van der Waals surface area contributed by atoms with E-state index in [9.17, 15) is 73.5 Å². The number of unbranched alkanes of at least 4 members (excludes halogenated alkanes) is 3. The highest BCUT2D eigenvalue weighted by Gasteiger charge is 2.26. The molecular weight excluding hydrogens is 1050 g/mol.